The van der Waals surface area contributed by atoms with E-state index in [1.807, 2.05) is 6.20 Å². The van der Waals surface area contributed by atoms with E-state index in [-0.39, 0.29) is 0 Å². The zero-order valence-corrected chi connectivity index (χ0v) is 17.0. The minimum atomic E-state index is 0.930. The van der Waals surface area contributed by atoms with E-state index in [1.54, 1.807) is 0 Å². The molecule has 28 heavy (non-hydrogen) atoms. The van der Waals surface area contributed by atoms with Crippen LogP contribution in [0.15, 0.2) is 59.1 Å². The Morgan fingerprint density at radius 3 is 2.54 bits per heavy atom. The number of rotatable bonds is 8. The molecule has 2 aromatic heterocycles. The zero-order valence-electron chi connectivity index (χ0n) is 17.0. The number of para-hydroxylation sites is 1. The fourth-order valence-electron chi connectivity index (χ4n) is 3.96. The molecule has 0 amide bonds. The number of aryl methyl sites for hydroxylation is 2. The molecule has 0 atom stereocenters. The van der Waals surface area contributed by atoms with Crippen molar-refractivity contribution in [1.29, 1.82) is 0 Å². The summed E-state index contributed by atoms with van der Waals surface area (Å²) >= 11 is 0. The van der Waals surface area contributed by atoms with Gasteiger partial charge in [0.05, 0.1) is 5.69 Å². The maximum Gasteiger partial charge on any atom is 0.144 e. The fourth-order valence-corrected chi connectivity index (χ4v) is 3.96. The molecule has 2 heterocycles. The van der Waals surface area contributed by atoms with Crippen LogP contribution in [0.2, 0.25) is 0 Å². The summed E-state index contributed by atoms with van der Waals surface area (Å²) in [4.78, 5) is 4.76. The van der Waals surface area contributed by atoms with E-state index in [4.69, 9.17) is 9.40 Å². The molecule has 0 aliphatic rings. The highest BCUT2D eigenvalue weighted by atomic mass is 16.3. The van der Waals surface area contributed by atoms with Crippen molar-refractivity contribution in [3.63, 3.8) is 0 Å². The van der Waals surface area contributed by atoms with Crippen molar-refractivity contribution in [3.8, 4) is 11.3 Å². The van der Waals surface area contributed by atoms with Gasteiger partial charge in [-0.25, -0.2) is 0 Å². The first kappa shape index (κ1) is 18.7. The number of unbranched alkanes of at least 4 members (excludes halogenated alkanes) is 5. The summed E-state index contributed by atoms with van der Waals surface area (Å²) in [7, 11) is 0. The quantitative estimate of drug-likeness (QED) is 0.295. The minimum Gasteiger partial charge on any atom is -0.455 e. The van der Waals surface area contributed by atoms with Crippen LogP contribution >= 0.6 is 0 Å². The van der Waals surface area contributed by atoms with Crippen LogP contribution in [-0.4, -0.2) is 4.98 Å². The Morgan fingerprint density at radius 2 is 1.71 bits per heavy atom. The highest BCUT2D eigenvalue weighted by Gasteiger charge is 2.12. The topological polar surface area (TPSA) is 26.0 Å². The van der Waals surface area contributed by atoms with Crippen LogP contribution in [0.5, 0.6) is 0 Å². The molecule has 0 aliphatic heterocycles. The first-order chi connectivity index (χ1) is 13.8. The van der Waals surface area contributed by atoms with E-state index in [0.29, 0.717) is 0 Å². The third-order valence-electron chi connectivity index (χ3n) is 5.57. The van der Waals surface area contributed by atoms with Crippen LogP contribution in [0.1, 0.15) is 56.6 Å². The summed E-state index contributed by atoms with van der Waals surface area (Å²) in [5.41, 5.74) is 6.49. The van der Waals surface area contributed by atoms with Gasteiger partial charge in [-0.05, 0) is 49.6 Å². The summed E-state index contributed by atoms with van der Waals surface area (Å²) < 4.78 is 6.19. The Hall–Kier alpha value is -2.61. The molecule has 144 valence electrons. The number of nitrogens with zero attached hydrogens (tertiary/aromatic N) is 1. The Kier molecular flexibility index (Phi) is 5.76. The SMILES string of the molecule is CCCCCCCCc1ccc(-c2cccc3c2oc2ccc(C)cc23)nc1. The van der Waals surface area contributed by atoms with Crippen molar-refractivity contribution in [2.45, 2.75) is 58.8 Å². The Labute approximate surface area is 167 Å². The fraction of sp³-hybridized carbons (Fsp3) is 0.346. The molecular formula is C26H29NO. The molecule has 0 N–H and O–H groups in total. The van der Waals surface area contributed by atoms with Gasteiger partial charge in [-0.3, -0.25) is 4.98 Å². The molecule has 0 saturated carbocycles. The third kappa shape index (κ3) is 3.96. The Balaban J connectivity index is 1.53. The predicted molar refractivity (Wildman–Crippen MR) is 119 cm³/mol. The summed E-state index contributed by atoms with van der Waals surface area (Å²) in [5.74, 6) is 0. The van der Waals surface area contributed by atoms with Crippen LogP contribution < -0.4 is 0 Å². The number of pyridine rings is 1. The summed E-state index contributed by atoms with van der Waals surface area (Å²) in [6, 6.07) is 17.1. The number of hydrogen-bond acceptors (Lipinski definition) is 2. The molecule has 0 fully saturated rings. The van der Waals surface area contributed by atoms with Crippen molar-refractivity contribution in [2.75, 3.05) is 0 Å². The third-order valence-corrected chi connectivity index (χ3v) is 5.57. The van der Waals surface area contributed by atoms with Gasteiger partial charge < -0.3 is 4.42 Å². The van der Waals surface area contributed by atoms with Gasteiger partial charge in [0.1, 0.15) is 11.2 Å². The smallest absolute Gasteiger partial charge is 0.144 e. The second-order valence-electron chi connectivity index (χ2n) is 7.85. The van der Waals surface area contributed by atoms with Crippen LogP contribution in [0.25, 0.3) is 33.2 Å². The number of benzene rings is 2. The van der Waals surface area contributed by atoms with E-state index in [1.165, 1.54) is 55.0 Å². The number of furan rings is 1. The molecule has 2 nitrogen and oxygen atoms in total. The van der Waals surface area contributed by atoms with Crippen LogP contribution in [0.3, 0.4) is 0 Å². The lowest BCUT2D eigenvalue weighted by atomic mass is 10.0. The first-order valence-electron chi connectivity index (χ1n) is 10.6. The highest BCUT2D eigenvalue weighted by molar-refractivity contribution is 6.09. The molecule has 0 bridgehead atoms. The molecular weight excluding hydrogens is 342 g/mol. The molecule has 0 aliphatic carbocycles. The van der Waals surface area contributed by atoms with E-state index in [0.717, 1.165) is 34.2 Å². The van der Waals surface area contributed by atoms with Gasteiger partial charge >= 0.3 is 0 Å². The van der Waals surface area contributed by atoms with Crippen molar-refractivity contribution in [1.82, 2.24) is 4.98 Å². The normalized spacial score (nSPS) is 11.5. The lowest BCUT2D eigenvalue weighted by Crippen LogP contribution is -1.90. The predicted octanol–water partition coefficient (Wildman–Crippen LogP) is 7.86. The lowest BCUT2D eigenvalue weighted by molar-refractivity contribution is 0.607. The summed E-state index contributed by atoms with van der Waals surface area (Å²) in [5, 5.41) is 2.34. The van der Waals surface area contributed by atoms with Crippen LogP contribution in [0.4, 0.5) is 0 Å². The van der Waals surface area contributed by atoms with Crippen LogP contribution in [-0.2, 0) is 6.42 Å². The average molecular weight is 372 g/mol. The maximum absolute atomic E-state index is 6.19. The lowest BCUT2D eigenvalue weighted by Gasteiger charge is -2.05. The zero-order chi connectivity index (χ0) is 19.3. The van der Waals surface area contributed by atoms with Gasteiger partial charge in [-0.15, -0.1) is 0 Å². The second kappa shape index (κ2) is 8.60. The van der Waals surface area contributed by atoms with Crippen molar-refractivity contribution < 1.29 is 4.42 Å². The molecule has 0 spiro atoms. The van der Waals surface area contributed by atoms with E-state index in [9.17, 15) is 0 Å². The number of hydrogen-bond donors (Lipinski definition) is 0. The molecule has 2 aromatic carbocycles. The highest BCUT2D eigenvalue weighted by Crippen LogP contribution is 2.35. The van der Waals surface area contributed by atoms with Crippen LogP contribution in [0, 0.1) is 6.92 Å². The van der Waals surface area contributed by atoms with Gasteiger partial charge in [0.15, 0.2) is 0 Å². The Morgan fingerprint density at radius 1 is 0.857 bits per heavy atom. The van der Waals surface area contributed by atoms with Gasteiger partial charge in [0, 0.05) is 22.5 Å². The van der Waals surface area contributed by atoms with Gasteiger partial charge in [-0.2, -0.15) is 0 Å². The number of fused-ring (bicyclic) bond motifs is 3. The molecule has 0 radical (unpaired) electrons. The van der Waals surface area contributed by atoms with Crippen molar-refractivity contribution in [2.24, 2.45) is 0 Å². The summed E-state index contributed by atoms with van der Waals surface area (Å²) in [6.45, 7) is 4.38. The summed E-state index contributed by atoms with van der Waals surface area (Å²) in [6.07, 6.45) is 11.1. The van der Waals surface area contributed by atoms with Crippen molar-refractivity contribution in [3.05, 3.63) is 65.9 Å². The monoisotopic (exact) mass is 371 g/mol. The standard InChI is InChI=1S/C26H29NO/c1-3-4-5-6-7-8-10-20-14-15-24(27-18-20)22-12-9-11-21-23-17-19(2)13-16-25(23)28-26(21)22/h9,11-18H,3-8,10H2,1-2H3. The molecule has 4 rings (SSSR count). The first-order valence-corrected chi connectivity index (χ1v) is 10.6. The van der Waals surface area contributed by atoms with Gasteiger partial charge in [0.25, 0.3) is 0 Å². The van der Waals surface area contributed by atoms with E-state index >= 15 is 0 Å². The van der Waals surface area contributed by atoms with E-state index in [2.05, 4.69) is 62.4 Å². The number of aromatic nitrogens is 1. The molecule has 4 aromatic rings. The second-order valence-corrected chi connectivity index (χ2v) is 7.85. The largest absolute Gasteiger partial charge is 0.455 e. The van der Waals surface area contributed by atoms with Gasteiger partial charge in [-0.1, -0.05) is 68.9 Å². The minimum absolute atomic E-state index is 0.930. The van der Waals surface area contributed by atoms with E-state index < -0.39 is 0 Å². The maximum atomic E-state index is 6.19. The molecule has 2 heteroatoms. The molecule has 0 saturated heterocycles. The van der Waals surface area contributed by atoms with Crippen molar-refractivity contribution >= 4 is 21.9 Å². The van der Waals surface area contributed by atoms with Gasteiger partial charge in [0.2, 0.25) is 0 Å². The molecule has 0 unspecified atom stereocenters. The average Bonchev–Trinajstić information content (AvgIpc) is 3.09. The Bertz CT molecular complexity index is 1060.